The monoisotopic (exact) mass is 550 g/mol. The predicted octanol–water partition coefficient (Wildman–Crippen LogP) is 2.14. The SMILES string of the molecule is O=C(O)CCCCC(=O)O.O=C(O)CCCCC(=O)O.O=C(O)CCCCC(=O)O.[Fe].[Fe]. The molecule has 0 aliphatic heterocycles. The largest absolute Gasteiger partial charge is 0.481 e. The Morgan fingerprint density at radius 2 is 0.406 bits per heavy atom. The zero-order valence-corrected chi connectivity index (χ0v) is 19.5. The summed E-state index contributed by atoms with van der Waals surface area (Å²) in [6.45, 7) is 0. The van der Waals surface area contributed by atoms with Crippen molar-refractivity contribution in [3.8, 4) is 0 Å². The van der Waals surface area contributed by atoms with Gasteiger partial charge < -0.3 is 30.6 Å². The molecular formula is C18H30Fe2O12. The molecule has 6 N–H and O–H groups in total. The van der Waals surface area contributed by atoms with Crippen LogP contribution in [0.5, 0.6) is 0 Å². The summed E-state index contributed by atoms with van der Waals surface area (Å²) in [5.74, 6) is -5.22. The normalized spacial score (nSPS) is 8.62. The minimum atomic E-state index is -0.870. The molecule has 0 aromatic carbocycles. The number of hydrogen-bond acceptors (Lipinski definition) is 6. The van der Waals surface area contributed by atoms with Crippen molar-refractivity contribution < 1.29 is 93.5 Å². The van der Waals surface area contributed by atoms with Crippen LogP contribution in [-0.4, -0.2) is 66.5 Å². The molecule has 0 atom stereocenters. The van der Waals surface area contributed by atoms with E-state index in [1.165, 1.54) is 0 Å². The Bertz CT molecular complexity index is 428. The van der Waals surface area contributed by atoms with Crippen molar-refractivity contribution in [2.45, 2.75) is 77.0 Å². The summed E-state index contributed by atoms with van der Waals surface area (Å²) in [5.41, 5.74) is 0. The molecule has 0 fully saturated rings. The Labute approximate surface area is 206 Å². The number of carbonyl (C=O) groups is 6. The van der Waals surface area contributed by atoms with E-state index in [0.717, 1.165) is 0 Å². The molecule has 0 rings (SSSR count). The average molecular weight is 550 g/mol. The van der Waals surface area contributed by atoms with E-state index < -0.39 is 35.8 Å². The summed E-state index contributed by atoms with van der Waals surface area (Å²) >= 11 is 0. The zero-order valence-electron chi connectivity index (χ0n) is 17.3. The van der Waals surface area contributed by atoms with Gasteiger partial charge in [-0.25, -0.2) is 0 Å². The topological polar surface area (TPSA) is 224 Å². The van der Waals surface area contributed by atoms with Crippen molar-refractivity contribution in [1.29, 1.82) is 0 Å². The van der Waals surface area contributed by atoms with Gasteiger partial charge in [-0.05, 0) is 38.5 Å². The Morgan fingerprint density at radius 1 is 0.312 bits per heavy atom. The molecule has 0 aromatic rings. The smallest absolute Gasteiger partial charge is 0.303 e. The maximum atomic E-state index is 9.90. The molecule has 0 heterocycles. The van der Waals surface area contributed by atoms with Gasteiger partial charge in [-0.3, -0.25) is 28.8 Å². The maximum absolute atomic E-state index is 9.90. The van der Waals surface area contributed by atoms with Gasteiger partial charge in [0.2, 0.25) is 0 Å². The van der Waals surface area contributed by atoms with Gasteiger partial charge in [0.15, 0.2) is 0 Å². The van der Waals surface area contributed by atoms with Crippen LogP contribution in [0.2, 0.25) is 0 Å². The van der Waals surface area contributed by atoms with Crippen LogP contribution in [0.15, 0.2) is 0 Å². The molecule has 0 radical (unpaired) electrons. The first-order valence-electron chi connectivity index (χ1n) is 9.19. The van der Waals surface area contributed by atoms with Crippen molar-refractivity contribution in [2.24, 2.45) is 0 Å². The van der Waals surface area contributed by atoms with Crippen molar-refractivity contribution in [3.05, 3.63) is 0 Å². The summed E-state index contributed by atoms with van der Waals surface area (Å²) in [6, 6.07) is 0. The van der Waals surface area contributed by atoms with Gasteiger partial charge >= 0.3 is 35.8 Å². The van der Waals surface area contributed by atoms with Crippen molar-refractivity contribution in [1.82, 2.24) is 0 Å². The second-order valence-electron chi connectivity index (χ2n) is 5.98. The van der Waals surface area contributed by atoms with Gasteiger partial charge in [0.05, 0.1) is 0 Å². The van der Waals surface area contributed by atoms with Gasteiger partial charge in [0, 0.05) is 72.7 Å². The third-order valence-electron chi connectivity index (χ3n) is 3.09. The summed E-state index contributed by atoms with van der Waals surface area (Å²) in [7, 11) is 0. The van der Waals surface area contributed by atoms with Gasteiger partial charge in [-0.2, -0.15) is 0 Å². The molecule has 0 aliphatic rings. The van der Waals surface area contributed by atoms with E-state index in [0.29, 0.717) is 38.5 Å². The number of carboxylic acids is 6. The van der Waals surface area contributed by atoms with Crippen molar-refractivity contribution in [3.63, 3.8) is 0 Å². The van der Waals surface area contributed by atoms with E-state index in [2.05, 4.69) is 0 Å². The summed E-state index contributed by atoms with van der Waals surface area (Å²) in [5, 5.41) is 48.8. The van der Waals surface area contributed by atoms with E-state index in [-0.39, 0.29) is 72.7 Å². The predicted molar refractivity (Wildman–Crippen MR) is 101 cm³/mol. The van der Waals surface area contributed by atoms with Crippen molar-refractivity contribution >= 4 is 35.8 Å². The van der Waals surface area contributed by atoms with E-state index in [1.54, 1.807) is 0 Å². The second-order valence-corrected chi connectivity index (χ2v) is 5.98. The first-order valence-corrected chi connectivity index (χ1v) is 9.19. The van der Waals surface area contributed by atoms with Gasteiger partial charge in [0.25, 0.3) is 0 Å². The zero-order chi connectivity index (χ0) is 23.9. The molecule has 0 aromatic heterocycles. The van der Waals surface area contributed by atoms with Gasteiger partial charge in [-0.1, -0.05) is 0 Å². The van der Waals surface area contributed by atoms with Crippen LogP contribution in [0.3, 0.4) is 0 Å². The van der Waals surface area contributed by atoms with Crippen LogP contribution in [0.4, 0.5) is 0 Å². The van der Waals surface area contributed by atoms with E-state index >= 15 is 0 Å². The van der Waals surface area contributed by atoms with Crippen LogP contribution in [0.25, 0.3) is 0 Å². The van der Waals surface area contributed by atoms with E-state index in [4.69, 9.17) is 30.6 Å². The minimum Gasteiger partial charge on any atom is -0.481 e. The Balaban J connectivity index is -0.000000110. The third kappa shape index (κ3) is 56.5. The first kappa shape index (κ1) is 40.2. The Hall–Kier alpha value is -2.14. The molecule has 190 valence electrons. The van der Waals surface area contributed by atoms with Gasteiger partial charge in [0.1, 0.15) is 0 Å². The van der Waals surface area contributed by atoms with E-state index in [9.17, 15) is 28.8 Å². The molecular weight excluding hydrogens is 520 g/mol. The summed E-state index contributed by atoms with van der Waals surface area (Å²) in [6.07, 6.45) is 3.05. The molecule has 0 unspecified atom stereocenters. The third-order valence-corrected chi connectivity index (χ3v) is 3.09. The number of unbranched alkanes of at least 4 members (excludes halogenated alkanes) is 3. The molecule has 12 nitrogen and oxygen atoms in total. The number of aliphatic carboxylic acids is 6. The number of rotatable bonds is 15. The molecule has 0 amide bonds. The fourth-order valence-electron chi connectivity index (χ4n) is 1.66. The molecule has 0 saturated heterocycles. The summed E-state index contributed by atoms with van der Waals surface area (Å²) in [4.78, 5) is 59.4. The quantitative estimate of drug-likeness (QED) is 0.127. The van der Waals surface area contributed by atoms with Crippen LogP contribution in [0, 0.1) is 0 Å². The molecule has 0 bridgehead atoms. The van der Waals surface area contributed by atoms with Gasteiger partial charge in [-0.15, -0.1) is 0 Å². The standard InChI is InChI=1S/3C6H10O4.2Fe/c3*7-5(8)3-1-2-4-6(9)10;;/h3*1-4H2,(H,7,8)(H,9,10);;. The van der Waals surface area contributed by atoms with Crippen molar-refractivity contribution in [2.75, 3.05) is 0 Å². The first-order chi connectivity index (χ1) is 13.9. The fraction of sp³-hybridized carbons (Fsp3) is 0.667. The van der Waals surface area contributed by atoms with Crippen LogP contribution in [-0.2, 0) is 62.9 Å². The molecule has 0 aliphatic carbocycles. The second kappa shape index (κ2) is 28.9. The minimum absolute atomic E-state index is 0. The maximum Gasteiger partial charge on any atom is 0.303 e. The van der Waals surface area contributed by atoms with Crippen LogP contribution >= 0.6 is 0 Å². The molecule has 32 heavy (non-hydrogen) atoms. The number of hydrogen-bond donors (Lipinski definition) is 6. The molecule has 0 saturated carbocycles. The summed E-state index contributed by atoms with van der Waals surface area (Å²) < 4.78 is 0. The van der Waals surface area contributed by atoms with Crippen LogP contribution < -0.4 is 0 Å². The fourth-order valence-corrected chi connectivity index (χ4v) is 1.66. The average Bonchev–Trinajstić information content (AvgIpc) is 2.60. The molecule has 0 spiro atoms. The Morgan fingerprint density at radius 3 is 0.469 bits per heavy atom. The molecule has 14 heteroatoms. The Kier molecular flexibility index (Phi) is 36.3. The number of carboxylic acid groups (broad SMARTS) is 6. The van der Waals surface area contributed by atoms with E-state index in [1.807, 2.05) is 0 Å². The van der Waals surface area contributed by atoms with Crippen LogP contribution in [0.1, 0.15) is 77.0 Å².